The first kappa shape index (κ1) is 16.6. The van der Waals surface area contributed by atoms with Crippen LogP contribution >= 0.6 is 38.5 Å². The maximum atomic E-state index is 13.6. The fourth-order valence-corrected chi connectivity index (χ4v) is 3.46. The van der Waals surface area contributed by atoms with Gasteiger partial charge in [0, 0.05) is 16.6 Å². The van der Waals surface area contributed by atoms with E-state index in [0.29, 0.717) is 15.9 Å². The number of hydrogen-bond donors (Lipinski definition) is 1. The molecule has 0 aliphatic rings. The lowest BCUT2D eigenvalue weighted by atomic mass is 10.1. The molecular formula is C15H16BrFIN3. The summed E-state index contributed by atoms with van der Waals surface area (Å²) in [6.07, 6.45) is 0. The summed E-state index contributed by atoms with van der Waals surface area (Å²) in [4.78, 5) is 9.16. The summed E-state index contributed by atoms with van der Waals surface area (Å²) < 4.78 is 15.3. The summed E-state index contributed by atoms with van der Waals surface area (Å²) in [5, 5.41) is 3.25. The Morgan fingerprint density at radius 1 is 1.29 bits per heavy atom. The van der Waals surface area contributed by atoms with E-state index in [9.17, 15) is 4.39 Å². The van der Waals surface area contributed by atoms with Crippen LogP contribution in [0.1, 0.15) is 32.4 Å². The zero-order valence-electron chi connectivity index (χ0n) is 12.0. The Labute approximate surface area is 146 Å². The molecule has 2 aromatic rings. The van der Waals surface area contributed by atoms with Gasteiger partial charge in [-0.3, -0.25) is 0 Å². The molecular weight excluding hydrogens is 448 g/mol. The number of anilines is 1. The lowest BCUT2D eigenvalue weighted by Gasteiger charge is -2.14. The first-order valence-electron chi connectivity index (χ1n) is 6.70. The van der Waals surface area contributed by atoms with Crippen LogP contribution < -0.4 is 5.32 Å². The van der Waals surface area contributed by atoms with Crippen molar-refractivity contribution in [3.63, 3.8) is 0 Å². The lowest BCUT2D eigenvalue weighted by Crippen LogP contribution is -2.09. The van der Waals surface area contributed by atoms with Gasteiger partial charge >= 0.3 is 0 Å². The molecule has 1 aromatic carbocycles. The highest BCUT2D eigenvalue weighted by atomic mass is 127. The Balaban J connectivity index is 2.62. The summed E-state index contributed by atoms with van der Waals surface area (Å²) in [5.41, 5.74) is 1.64. The van der Waals surface area contributed by atoms with E-state index in [1.807, 2.05) is 13.0 Å². The van der Waals surface area contributed by atoms with Crippen LogP contribution in [0.25, 0.3) is 11.4 Å². The molecule has 0 bridgehead atoms. The minimum Gasteiger partial charge on any atom is -0.369 e. The van der Waals surface area contributed by atoms with Gasteiger partial charge in [-0.15, -0.1) is 0 Å². The SMILES string of the molecule is CCNc1nc(-c2cc(F)cc(Br)c2)nc(C(C)C)c1I. The molecule has 0 saturated carbocycles. The quantitative estimate of drug-likeness (QED) is 0.633. The van der Waals surface area contributed by atoms with Crippen molar-refractivity contribution in [1.82, 2.24) is 9.97 Å². The van der Waals surface area contributed by atoms with Crippen molar-refractivity contribution in [2.45, 2.75) is 26.7 Å². The van der Waals surface area contributed by atoms with Crippen LogP contribution in [0.3, 0.4) is 0 Å². The first-order valence-corrected chi connectivity index (χ1v) is 8.57. The summed E-state index contributed by atoms with van der Waals surface area (Å²) >= 11 is 5.57. The van der Waals surface area contributed by atoms with Crippen LogP contribution in [-0.2, 0) is 0 Å². The number of nitrogens with zero attached hydrogens (tertiary/aromatic N) is 2. The number of aromatic nitrogens is 2. The van der Waals surface area contributed by atoms with E-state index >= 15 is 0 Å². The highest BCUT2D eigenvalue weighted by Gasteiger charge is 2.16. The van der Waals surface area contributed by atoms with Crippen molar-refractivity contribution in [2.24, 2.45) is 0 Å². The summed E-state index contributed by atoms with van der Waals surface area (Å²) in [7, 11) is 0. The Bertz CT molecular complexity index is 641. The standard InChI is InChI=1S/C15H16BrFIN3/c1-4-19-15-12(18)13(8(2)3)20-14(21-15)9-5-10(16)7-11(17)6-9/h5-8H,4H2,1-3H3,(H,19,20,21). The van der Waals surface area contributed by atoms with Crippen molar-refractivity contribution in [3.8, 4) is 11.4 Å². The Morgan fingerprint density at radius 2 is 2.00 bits per heavy atom. The number of halogens is 3. The van der Waals surface area contributed by atoms with E-state index in [0.717, 1.165) is 21.6 Å². The van der Waals surface area contributed by atoms with Crippen molar-refractivity contribution >= 4 is 44.3 Å². The molecule has 1 heterocycles. The van der Waals surface area contributed by atoms with E-state index < -0.39 is 0 Å². The van der Waals surface area contributed by atoms with Crippen molar-refractivity contribution in [3.05, 3.63) is 37.8 Å². The van der Waals surface area contributed by atoms with Crippen LogP contribution in [0.4, 0.5) is 10.2 Å². The van der Waals surface area contributed by atoms with Crippen LogP contribution in [-0.4, -0.2) is 16.5 Å². The van der Waals surface area contributed by atoms with E-state index in [1.54, 1.807) is 0 Å². The van der Waals surface area contributed by atoms with Gasteiger partial charge in [0.05, 0.1) is 9.26 Å². The lowest BCUT2D eigenvalue weighted by molar-refractivity contribution is 0.627. The predicted octanol–water partition coefficient (Wildman–Crippen LogP) is 5.21. The van der Waals surface area contributed by atoms with E-state index in [1.165, 1.54) is 12.1 Å². The third-order valence-electron chi connectivity index (χ3n) is 2.89. The fraction of sp³-hybridized carbons (Fsp3) is 0.333. The molecule has 0 radical (unpaired) electrons. The zero-order chi connectivity index (χ0) is 15.6. The second-order valence-electron chi connectivity index (χ2n) is 4.94. The second-order valence-corrected chi connectivity index (χ2v) is 6.93. The predicted molar refractivity (Wildman–Crippen MR) is 96.1 cm³/mol. The minimum atomic E-state index is -0.308. The molecule has 112 valence electrons. The fourth-order valence-electron chi connectivity index (χ4n) is 1.94. The van der Waals surface area contributed by atoms with Crippen LogP contribution in [0, 0.1) is 9.39 Å². The molecule has 6 heteroatoms. The maximum absolute atomic E-state index is 13.6. The largest absolute Gasteiger partial charge is 0.369 e. The molecule has 0 spiro atoms. The van der Waals surface area contributed by atoms with Crippen molar-refractivity contribution < 1.29 is 4.39 Å². The van der Waals surface area contributed by atoms with E-state index in [2.05, 4.69) is 67.7 Å². The van der Waals surface area contributed by atoms with Gasteiger partial charge in [0.2, 0.25) is 0 Å². The molecule has 0 atom stereocenters. The minimum absolute atomic E-state index is 0.271. The normalized spacial score (nSPS) is 11.0. The number of nitrogens with one attached hydrogen (secondary N) is 1. The number of hydrogen-bond acceptors (Lipinski definition) is 3. The van der Waals surface area contributed by atoms with E-state index in [4.69, 9.17) is 0 Å². The van der Waals surface area contributed by atoms with Crippen LogP contribution in [0.2, 0.25) is 0 Å². The van der Waals surface area contributed by atoms with Crippen LogP contribution in [0.15, 0.2) is 22.7 Å². The molecule has 2 rings (SSSR count). The second kappa shape index (κ2) is 7.00. The number of rotatable bonds is 4. The molecule has 0 aliphatic carbocycles. The summed E-state index contributed by atoms with van der Waals surface area (Å²) in [6, 6.07) is 4.70. The van der Waals surface area contributed by atoms with Gasteiger partial charge in [0.1, 0.15) is 11.6 Å². The molecule has 0 unspecified atom stereocenters. The van der Waals surface area contributed by atoms with Gasteiger partial charge in [-0.2, -0.15) is 0 Å². The van der Waals surface area contributed by atoms with Crippen LogP contribution in [0.5, 0.6) is 0 Å². The monoisotopic (exact) mass is 463 g/mol. The molecule has 0 saturated heterocycles. The molecule has 1 aromatic heterocycles. The molecule has 0 aliphatic heterocycles. The highest BCUT2D eigenvalue weighted by Crippen LogP contribution is 2.29. The van der Waals surface area contributed by atoms with Gasteiger partial charge in [0.25, 0.3) is 0 Å². The van der Waals surface area contributed by atoms with Gasteiger partial charge in [-0.1, -0.05) is 29.8 Å². The average Bonchev–Trinajstić information content (AvgIpc) is 2.39. The Kier molecular flexibility index (Phi) is 5.54. The zero-order valence-corrected chi connectivity index (χ0v) is 15.8. The molecule has 0 fully saturated rings. The molecule has 1 N–H and O–H groups in total. The van der Waals surface area contributed by atoms with Gasteiger partial charge in [0.15, 0.2) is 5.82 Å². The van der Waals surface area contributed by atoms with Crippen molar-refractivity contribution in [1.29, 1.82) is 0 Å². The maximum Gasteiger partial charge on any atom is 0.161 e. The summed E-state index contributed by atoms with van der Waals surface area (Å²) in [5.74, 6) is 1.30. The molecule has 0 amide bonds. The molecule has 21 heavy (non-hydrogen) atoms. The molecule has 3 nitrogen and oxygen atoms in total. The summed E-state index contributed by atoms with van der Waals surface area (Å²) in [6.45, 7) is 6.97. The highest BCUT2D eigenvalue weighted by molar-refractivity contribution is 14.1. The topological polar surface area (TPSA) is 37.8 Å². The van der Waals surface area contributed by atoms with Crippen molar-refractivity contribution in [2.75, 3.05) is 11.9 Å². The third-order valence-corrected chi connectivity index (χ3v) is 4.41. The smallest absolute Gasteiger partial charge is 0.161 e. The van der Waals surface area contributed by atoms with Gasteiger partial charge in [-0.05, 0) is 53.6 Å². The number of benzene rings is 1. The Morgan fingerprint density at radius 3 is 2.57 bits per heavy atom. The van der Waals surface area contributed by atoms with E-state index in [-0.39, 0.29) is 11.7 Å². The third kappa shape index (κ3) is 3.91. The van der Waals surface area contributed by atoms with Gasteiger partial charge < -0.3 is 5.32 Å². The van der Waals surface area contributed by atoms with Gasteiger partial charge in [-0.25, -0.2) is 14.4 Å². The first-order chi connectivity index (χ1) is 9.92. The Hall–Kier alpha value is -0.760. The average molecular weight is 464 g/mol.